The molecule has 0 aliphatic heterocycles. The number of aromatic nitrogens is 3. The van der Waals surface area contributed by atoms with Crippen LogP contribution in [0.3, 0.4) is 0 Å². The largest absolute Gasteiger partial charge is 0.382 e. The summed E-state index contributed by atoms with van der Waals surface area (Å²) >= 11 is 11.7. The maximum absolute atomic E-state index is 12.4. The smallest absolute Gasteiger partial charge is 0.258 e. The maximum Gasteiger partial charge on any atom is 0.258 e. The molecule has 0 fully saturated rings. The van der Waals surface area contributed by atoms with Crippen LogP contribution in [0.4, 0.5) is 14.6 Å². The molecule has 0 saturated heterocycles. The molecule has 0 spiro atoms. The maximum atomic E-state index is 12.4. The van der Waals surface area contributed by atoms with Gasteiger partial charge in [0, 0.05) is 15.6 Å². The van der Waals surface area contributed by atoms with Gasteiger partial charge in [-0.3, -0.25) is 5.41 Å². The standard InChI is InChI=1S/C11H9Cl2F2N5/c12-6-1-5(2-7(13)3-6)9-10(16)18-11(17)20(19-9)4-8(14)15/h1-3,8H,4H2,(H3,16,17,18). The van der Waals surface area contributed by atoms with E-state index in [1.165, 1.54) is 18.2 Å². The van der Waals surface area contributed by atoms with Gasteiger partial charge in [-0.2, -0.15) is 10.1 Å². The van der Waals surface area contributed by atoms with Crippen LogP contribution < -0.4 is 11.4 Å². The summed E-state index contributed by atoms with van der Waals surface area (Å²) in [5.74, 6) is -0.0566. The van der Waals surface area contributed by atoms with Crippen molar-refractivity contribution in [1.82, 2.24) is 14.8 Å². The van der Waals surface area contributed by atoms with Crippen molar-refractivity contribution in [2.24, 2.45) is 0 Å². The minimum Gasteiger partial charge on any atom is -0.382 e. The zero-order chi connectivity index (χ0) is 14.9. The van der Waals surface area contributed by atoms with E-state index in [0.717, 1.165) is 4.68 Å². The zero-order valence-corrected chi connectivity index (χ0v) is 11.5. The second kappa shape index (κ2) is 5.72. The summed E-state index contributed by atoms with van der Waals surface area (Å²) < 4.78 is 25.6. The Kier molecular flexibility index (Phi) is 4.20. The van der Waals surface area contributed by atoms with E-state index in [-0.39, 0.29) is 11.5 Å². The van der Waals surface area contributed by atoms with E-state index in [0.29, 0.717) is 15.6 Å². The monoisotopic (exact) mass is 319 g/mol. The molecular formula is C11H9Cl2F2N5. The molecule has 0 unspecified atom stereocenters. The van der Waals surface area contributed by atoms with Crippen molar-refractivity contribution in [1.29, 1.82) is 5.41 Å². The Balaban J connectivity index is 2.58. The molecular weight excluding hydrogens is 311 g/mol. The van der Waals surface area contributed by atoms with E-state index in [4.69, 9.17) is 34.3 Å². The Labute approximate surface area is 122 Å². The van der Waals surface area contributed by atoms with Crippen molar-refractivity contribution >= 4 is 29.0 Å². The van der Waals surface area contributed by atoms with Crippen LogP contribution in [0.25, 0.3) is 11.3 Å². The van der Waals surface area contributed by atoms with E-state index in [2.05, 4.69) is 10.1 Å². The van der Waals surface area contributed by atoms with Gasteiger partial charge in [0.25, 0.3) is 6.43 Å². The molecule has 2 aromatic rings. The van der Waals surface area contributed by atoms with Gasteiger partial charge >= 0.3 is 0 Å². The fraction of sp³-hybridized carbons (Fsp3) is 0.182. The number of halogens is 4. The van der Waals surface area contributed by atoms with Gasteiger partial charge in [0.1, 0.15) is 12.2 Å². The van der Waals surface area contributed by atoms with E-state index in [9.17, 15) is 8.78 Å². The number of anilines is 1. The lowest BCUT2D eigenvalue weighted by Gasteiger charge is -2.10. The van der Waals surface area contributed by atoms with Gasteiger partial charge in [-0.1, -0.05) is 23.2 Å². The highest BCUT2D eigenvalue weighted by Gasteiger charge is 2.13. The molecule has 0 radical (unpaired) electrons. The number of hydrogen-bond acceptors (Lipinski definition) is 4. The zero-order valence-electron chi connectivity index (χ0n) is 9.95. The molecule has 0 aliphatic carbocycles. The summed E-state index contributed by atoms with van der Waals surface area (Å²) in [6, 6.07) is 4.58. The number of alkyl halides is 2. The highest BCUT2D eigenvalue weighted by Crippen LogP contribution is 2.27. The van der Waals surface area contributed by atoms with Gasteiger partial charge in [-0.25, -0.2) is 13.5 Å². The SMILES string of the molecule is N=c1nc(N)c(-c2cc(Cl)cc(Cl)c2)nn1CC(F)F. The quantitative estimate of drug-likeness (QED) is 0.912. The summed E-state index contributed by atoms with van der Waals surface area (Å²) in [5.41, 5.74) is 5.81. The van der Waals surface area contributed by atoms with Crippen molar-refractivity contribution < 1.29 is 8.78 Å². The molecule has 1 aromatic heterocycles. The van der Waals surface area contributed by atoms with Crippen LogP contribution in [-0.2, 0) is 6.54 Å². The van der Waals surface area contributed by atoms with Crippen LogP contribution in [0.5, 0.6) is 0 Å². The van der Waals surface area contributed by atoms with Crippen LogP contribution in [0, 0.1) is 5.41 Å². The first-order chi connectivity index (χ1) is 9.36. The van der Waals surface area contributed by atoms with Crippen molar-refractivity contribution in [2.75, 3.05) is 5.73 Å². The first-order valence-corrected chi connectivity index (χ1v) is 6.16. The van der Waals surface area contributed by atoms with Gasteiger partial charge in [-0.15, -0.1) is 0 Å². The van der Waals surface area contributed by atoms with Crippen LogP contribution in [0.1, 0.15) is 0 Å². The lowest BCUT2D eigenvalue weighted by atomic mass is 10.1. The van der Waals surface area contributed by atoms with E-state index < -0.39 is 18.6 Å². The van der Waals surface area contributed by atoms with Crippen molar-refractivity contribution in [3.05, 3.63) is 33.9 Å². The highest BCUT2D eigenvalue weighted by atomic mass is 35.5. The number of hydrogen-bond donors (Lipinski definition) is 2. The topological polar surface area (TPSA) is 80.6 Å². The van der Waals surface area contributed by atoms with Crippen molar-refractivity contribution in [2.45, 2.75) is 13.0 Å². The molecule has 0 saturated carbocycles. The average Bonchev–Trinajstić information content (AvgIpc) is 2.30. The molecule has 0 atom stereocenters. The molecule has 3 N–H and O–H groups in total. The summed E-state index contributed by atoms with van der Waals surface area (Å²) in [6.07, 6.45) is -2.65. The fourth-order valence-electron chi connectivity index (χ4n) is 1.60. The second-order valence-corrected chi connectivity index (χ2v) is 4.77. The third-order valence-corrected chi connectivity index (χ3v) is 2.82. The van der Waals surface area contributed by atoms with Gasteiger partial charge in [0.05, 0.1) is 0 Å². The Morgan fingerprint density at radius 2 is 1.85 bits per heavy atom. The summed E-state index contributed by atoms with van der Waals surface area (Å²) in [5, 5.41) is 12.1. The minimum atomic E-state index is -2.65. The minimum absolute atomic E-state index is 0.0566. The lowest BCUT2D eigenvalue weighted by Crippen LogP contribution is -2.30. The number of nitrogens with one attached hydrogen (secondary N) is 1. The Bertz CT molecular complexity index is 681. The summed E-state index contributed by atoms with van der Waals surface area (Å²) in [6.45, 7) is -0.743. The lowest BCUT2D eigenvalue weighted by molar-refractivity contribution is 0.118. The number of benzene rings is 1. The van der Waals surface area contributed by atoms with Gasteiger partial charge in [0.15, 0.2) is 5.82 Å². The van der Waals surface area contributed by atoms with Crippen LogP contribution in [0.15, 0.2) is 18.2 Å². The first-order valence-electron chi connectivity index (χ1n) is 5.40. The Morgan fingerprint density at radius 1 is 1.25 bits per heavy atom. The van der Waals surface area contributed by atoms with E-state index >= 15 is 0 Å². The third kappa shape index (κ3) is 3.23. The molecule has 106 valence electrons. The Morgan fingerprint density at radius 3 is 2.40 bits per heavy atom. The molecule has 5 nitrogen and oxygen atoms in total. The predicted octanol–water partition coefficient (Wildman–Crippen LogP) is 2.58. The number of nitrogens with two attached hydrogens (primary N) is 1. The fourth-order valence-corrected chi connectivity index (χ4v) is 2.12. The molecule has 0 amide bonds. The highest BCUT2D eigenvalue weighted by molar-refractivity contribution is 6.35. The van der Waals surface area contributed by atoms with Crippen LogP contribution in [-0.4, -0.2) is 21.2 Å². The molecule has 2 rings (SSSR count). The molecule has 0 bridgehead atoms. The predicted molar refractivity (Wildman–Crippen MR) is 71.7 cm³/mol. The number of nitrogen functional groups attached to an aromatic ring is 1. The summed E-state index contributed by atoms with van der Waals surface area (Å²) in [7, 11) is 0. The van der Waals surface area contributed by atoms with Crippen molar-refractivity contribution in [3.8, 4) is 11.3 Å². The van der Waals surface area contributed by atoms with Gasteiger partial charge in [-0.05, 0) is 18.2 Å². The first kappa shape index (κ1) is 14.7. The van der Waals surface area contributed by atoms with Crippen LogP contribution >= 0.6 is 23.2 Å². The summed E-state index contributed by atoms with van der Waals surface area (Å²) in [4.78, 5) is 3.69. The molecule has 1 aromatic carbocycles. The normalized spacial score (nSPS) is 11.1. The molecule has 0 aliphatic rings. The van der Waals surface area contributed by atoms with Gasteiger partial charge < -0.3 is 5.73 Å². The average molecular weight is 320 g/mol. The van der Waals surface area contributed by atoms with Gasteiger partial charge in [0.2, 0.25) is 5.62 Å². The molecule has 1 heterocycles. The van der Waals surface area contributed by atoms with E-state index in [1.807, 2.05) is 0 Å². The number of nitrogens with zero attached hydrogens (tertiary/aromatic N) is 3. The van der Waals surface area contributed by atoms with E-state index in [1.54, 1.807) is 0 Å². The second-order valence-electron chi connectivity index (χ2n) is 3.90. The molecule has 20 heavy (non-hydrogen) atoms. The number of rotatable bonds is 3. The van der Waals surface area contributed by atoms with Crippen LogP contribution in [0.2, 0.25) is 10.0 Å². The Hall–Kier alpha value is -1.73. The van der Waals surface area contributed by atoms with Crippen molar-refractivity contribution in [3.63, 3.8) is 0 Å². The third-order valence-electron chi connectivity index (χ3n) is 2.38. The molecule has 9 heteroatoms.